The number of rotatable bonds is 10. The predicted octanol–water partition coefficient (Wildman–Crippen LogP) is 6.27. The molecule has 1 unspecified atom stereocenters. The van der Waals surface area contributed by atoms with Crippen molar-refractivity contribution in [3.05, 3.63) is 29.8 Å². The second-order valence-corrected chi connectivity index (χ2v) is 6.00. The van der Waals surface area contributed by atoms with E-state index in [2.05, 4.69) is 32.9 Å². The molecule has 0 spiro atoms. The molecule has 1 N–H and O–H groups in total. The SMILES string of the molecule is CCCCCC(c1ccccc1O)C(CCC)CCC. The number of phenolic OH excluding ortho intramolecular Hbond substituents is 1. The Bertz CT molecular complexity index is 353. The molecule has 1 atom stereocenters. The van der Waals surface area contributed by atoms with Crippen molar-refractivity contribution in [1.82, 2.24) is 0 Å². The lowest BCUT2D eigenvalue weighted by atomic mass is 9.77. The van der Waals surface area contributed by atoms with Crippen molar-refractivity contribution in [3.63, 3.8) is 0 Å². The molecule has 0 aliphatic carbocycles. The maximum absolute atomic E-state index is 10.2. The summed E-state index contributed by atoms with van der Waals surface area (Å²) in [5.41, 5.74) is 1.18. The van der Waals surface area contributed by atoms with E-state index in [0.717, 1.165) is 5.92 Å². The third-order valence-corrected chi connectivity index (χ3v) is 4.34. The number of phenols is 1. The van der Waals surface area contributed by atoms with Crippen LogP contribution in [-0.2, 0) is 0 Å². The number of para-hydroxylation sites is 1. The Morgan fingerprint density at radius 2 is 1.50 bits per heavy atom. The minimum atomic E-state index is 0.492. The van der Waals surface area contributed by atoms with Crippen molar-refractivity contribution in [2.75, 3.05) is 0 Å². The maximum Gasteiger partial charge on any atom is 0.119 e. The molecule has 0 saturated heterocycles. The van der Waals surface area contributed by atoms with Crippen LogP contribution in [0, 0.1) is 5.92 Å². The van der Waals surface area contributed by atoms with Crippen LogP contribution in [0.25, 0.3) is 0 Å². The van der Waals surface area contributed by atoms with Crippen LogP contribution in [0.3, 0.4) is 0 Å². The lowest BCUT2D eigenvalue weighted by Crippen LogP contribution is -2.13. The van der Waals surface area contributed by atoms with Crippen molar-refractivity contribution in [2.24, 2.45) is 5.92 Å². The summed E-state index contributed by atoms with van der Waals surface area (Å²) in [6.07, 6.45) is 10.1. The zero-order valence-corrected chi connectivity index (χ0v) is 13.6. The van der Waals surface area contributed by atoms with E-state index in [1.54, 1.807) is 0 Å². The summed E-state index contributed by atoms with van der Waals surface area (Å²) in [5, 5.41) is 10.2. The molecule has 0 radical (unpaired) electrons. The average molecular weight is 276 g/mol. The summed E-state index contributed by atoms with van der Waals surface area (Å²) in [7, 11) is 0. The van der Waals surface area contributed by atoms with Crippen molar-refractivity contribution in [1.29, 1.82) is 0 Å². The summed E-state index contributed by atoms with van der Waals surface area (Å²) in [6, 6.07) is 7.97. The quantitative estimate of drug-likeness (QED) is 0.499. The van der Waals surface area contributed by atoms with Crippen LogP contribution in [0.4, 0.5) is 0 Å². The number of unbranched alkanes of at least 4 members (excludes halogenated alkanes) is 2. The first-order chi connectivity index (χ1) is 9.74. The molecule has 1 heteroatoms. The highest BCUT2D eigenvalue weighted by molar-refractivity contribution is 5.35. The maximum atomic E-state index is 10.2. The van der Waals surface area contributed by atoms with Gasteiger partial charge in [-0.05, 0) is 29.9 Å². The lowest BCUT2D eigenvalue weighted by molar-refractivity contribution is 0.330. The second kappa shape index (κ2) is 9.85. The Kier molecular flexibility index (Phi) is 8.41. The molecule has 0 heterocycles. The molecular formula is C19H32O. The molecule has 1 rings (SSSR count). The van der Waals surface area contributed by atoms with Crippen molar-refractivity contribution in [2.45, 2.75) is 78.1 Å². The summed E-state index contributed by atoms with van der Waals surface area (Å²) >= 11 is 0. The van der Waals surface area contributed by atoms with E-state index in [1.165, 1.54) is 56.9 Å². The standard InChI is InChI=1S/C19H32O/c1-4-7-8-13-17(16(11-5-2)12-6-3)18-14-9-10-15-19(18)20/h9-10,14-17,20H,4-8,11-13H2,1-3H3. The third-order valence-electron chi connectivity index (χ3n) is 4.34. The Morgan fingerprint density at radius 3 is 2.05 bits per heavy atom. The molecule has 1 aromatic carbocycles. The number of hydrogen-bond acceptors (Lipinski definition) is 1. The van der Waals surface area contributed by atoms with Gasteiger partial charge in [0.25, 0.3) is 0 Å². The van der Waals surface area contributed by atoms with Gasteiger partial charge >= 0.3 is 0 Å². The van der Waals surface area contributed by atoms with Crippen LogP contribution in [0.2, 0.25) is 0 Å². The van der Waals surface area contributed by atoms with Crippen LogP contribution in [0.5, 0.6) is 5.75 Å². The molecule has 114 valence electrons. The number of benzene rings is 1. The summed E-state index contributed by atoms with van der Waals surface area (Å²) < 4.78 is 0. The number of hydrogen-bond donors (Lipinski definition) is 1. The predicted molar refractivity (Wildman–Crippen MR) is 88.3 cm³/mol. The van der Waals surface area contributed by atoms with Gasteiger partial charge in [-0.3, -0.25) is 0 Å². The minimum absolute atomic E-state index is 0.492. The smallest absolute Gasteiger partial charge is 0.119 e. The van der Waals surface area contributed by atoms with Crippen LogP contribution >= 0.6 is 0 Å². The lowest BCUT2D eigenvalue weighted by Gasteiger charge is -2.28. The van der Waals surface area contributed by atoms with E-state index in [4.69, 9.17) is 0 Å². The second-order valence-electron chi connectivity index (χ2n) is 6.00. The van der Waals surface area contributed by atoms with E-state index >= 15 is 0 Å². The van der Waals surface area contributed by atoms with Gasteiger partial charge in [-0.15, -0.1) is 0 Å². The van der Waals surface area contributed by atoms with Gasteiger partial charge in [0, 0.05) is 0 Å². The van der Waals surface area contributed by atoms with Gasteiger partial charge in [0.05, 0.1) is 0 Å². The highest BCUT2D eigenvalue weighted by atomic mass is 16.3. The fourth-order valence-electron chi connectivity index (χ4n) is 3.35. The van der Waals surface area contributed by atoms with E-state index in [-0.39, 0.29) is 0 Å². The molecule has 0 aliphatic rings. The summed E-state index contributed by atoms with van der Waals surface area (Å²) in [6.45, 7) is 6.80. The van der Waals surface area contributed by atoms with Gasteiger partial charge < -0.3 is 5.11 Å². The molecular weight excluding hydrogens is 244 g/mol. The fourth-order valence-corrected chi connectivity index (χ4v) is 3.35. The topological polar surface area (TPSA) is 20.2 Å². The van der Waals surface area contributed by atoms with Crippen molar-refractivity contribution < 1.29 is 5.11 Å². The first-order valence-electron chi connectivity index (χ1n) is 8.52. The van der Waals surface area contributed by atoms with Crippen LogP contribution in [0.15, 0.2) is 24.3 Å². The first-order valence-corrected chi connectivity index (χ1v) is 8.52. The van der Waals surface area contributed by atoms with E-state index in [9.17, 15) is 5.11 Å². The molecule has 0 aromatic heterocycles. The van der Waals surface area contributed by atoms with Crippen LogP contribution < -0.4 is 0 Å². The molecule has 0 bridgehead atoms. The highest BCUT2D eigenvalue weighted by Crippen LogP contribution is 2.39. The van der Waals surface area contributed by atoms with Gasteiger partial charge in [0.2, 0.25) is 0 Å². The molecule has 0 amide bonds. The monoisotopic (exact) mass is 276 g/mol. The average Bonchev–Trinajstić information content (AvgIpc) is 2.45. The molecule has 0 aliphatic heterocycles. The largest absolute Gasteiger partial charge is 0.508 e. The zero-order valence-electron chi connectivity index (χ0n) is 13.6. The van der Waals surface area contributed by atoms with Crippen molar-refractivity contribution >= 4 is 0 Å². The molecule has 1 aromatic rings. The van der Waals surface area contributed by atoms with E-state index < -0.39 is 0 Å². The molecule has 0 saturated carbocycles. The molecule has 1 nitrogen and oxygen atoms in total. The Morgan fingerprint density at radius 1 is 0.850 bits per heavy atom. The minimum Gasteiger partial charge on any atom is -0.508 e. The Hall–Kier alpha value is -0.980. The Labute approximate surface area is 125 Å². The first kappa shape index (κ1) is 17.1. The number of aromatic hydroxyl groups is 1. The summed E-state index contributed by atoms with van der Waals surface area (Å²) in [5.74, 6) is 1.74. The van der Waals surface area contributed by atoms with Gasteiger partial charge in [-0.2, -0.15) is 0 Å². The Balaban J connectivity index is 2.90. The van der Waals surface area contributed by atoms with Crippen molar-refractivity contribution in [3.8, 4) is 5.75 Å². The van der Waals surface area contributed by atoms with Crippen LogP contribution in [0.1, 0.15) is 83.6 Å². The normalized spacial score (nSPS) is 12.8. The van der Waals surface area contributed by atoms with Gasteiger partial charge in [-0.25, -0.2) is 0 Å². The zero-order chi connectivity index (χ0) is 14.8. The van der Waals surface area contributed by atoms with E-state index in [0.29, 0.717) is 11.7 Å². The molecule has 0 fully saturated rings. The van der Waals surface area contributed by atoms with Gasteiger partial charge in [-0.1, -0.05) is 83.9 Å². The van der Waals surface area contributed by atoms with Gasteiger partial charge in [0.15, 0.2) is 0 Å². The third kappa shape index (κ3) is 5.19. The highest BCUT2D eigenvalue weighted by Gasteiger charge is 2.23. The molecule has 20 heavy (non-hydrogen) atoms. The van der Waals surface area contributed by atoms with Crippen LogP contribution in [-0.4, -0.2) is 5.11 Å². The summed E-state index contributed by atoms with van der Waals surface area (Å²) in [4.78, 5) is 0. The van der Waals surface area contributed by atoms with E-state index in [1.807, 2.05) is 12.1 Å². The fraction of sp³-hybridized carbons (Fsp3) is 0.684. The van der Waals surface area contributed by atoms with Gasteiger partial charge in [0.1, 0.15) is 5.75 Å².